The molecule has 0 radical (unpaired) electrons. The lowest BCUT2D eigenvalue weighted by Gasteiger charge is -2.24. The fourth-order valence-electron chi connectivity index (χ4n) is 4.07. The molecule has 2 aliphatic rings. The van der Waals surface area contributed by atoms with E-state index in [1.165, 1.54) is 0 Å². The lowest BCUT2D eigenvalue weighted by atomic mass is 10.0. The number of fused-ring (bicyclic) bond motifs is 1. The number of nitrogens with zero attached hydrogens (tertiary/aromatic N) is 1. The Balaban J connectivity index is 1.84. The lowest BCUT2D eigenvalue weighted by molar-refractivity contribution is 0.0689. The van der Waals surface area contributed by atoms with Crippen LogP contribution in [-0.2, 0) is 11.2 Å². The monoisotopic (exact) mass is 422 g/mol. The first-order valence-corrected chi connectivity index (χ1v) is 10.2. The highest BCUT2D eigenvalue weighted by molar-refractivity contribution is 5.96. The Kier molecular flexibility index (Phi) is 5.75. The van der Waals surface area contributed by atoms with Gasteiger partial charge in [0.2, 0.25) is 11.2 Å². The van der Waals surface area contributed by atoms with E-state index in [1.807, 2.05) is 0 Å². The van der Waals surface area contributed by atoms with Gasteiger partial charge in [-0.25, -0.2) is 9.18 Å². The molecule has 1 unspecified atom stereocenters. The number of ether oxygens (including phenoxy) is 2. The van der Waals surface area contributed by atoms with Crippen LogP contribution >= 0.6 is 0 Å². The molecule has 162 valence electrons. The Labute approximate surface area is 171 Å². The van der Waals surface area contributed by atoms with Gasteiger partial charge in [-0.1, -0.05) is 6.92 Å². The minimum Gasteiger partial charge on any atom is -0.488 e. The summed E-state index contributed by atoms with van der Waals surface area (Å²) >= 11 is 0. The van der Waals surface area contributed by atoms with Gasteiger partial charge in [-0.2, -0.15) is 4.39 Å². The average molecular weight is 422 g/mol. The highest BCUT2D eigenvalue weighted by Gasteiger charge is 2.33. The summed E-state index contributed by atoms with van der Waals surface area (Å²) in [5.74, 6) is -4.12. The van der Waals surface area contributed by atoms with Gasteiger partial charge < -0.3 is 24.5 Å². The van der Waals surface area contributed by atoms with Gasteiger partial charge in [0.15, 0.2) is 11.6 Å². The van der Waals surface area contributed by atoms with Crippen LogP contribution < -0.4 is 15.5 Å². The molecule has 1 atom stereocenters. The molecule has 0 bridgehead atoms. The number of aromatic nitrogens is 1. The van der Waals surface area contributed by atoms with Crippen molar-refractivity contribution in [2.24, 2.45) is 0 Å². The summed E-state index contributed by atoms with van der Waals surface area (Å²) in [7, 11) is 0. The van der Waals surface area contributed by atoms with Gasteiger partial charge in [0, 0.05) is 24.3 Å². The first-order valence-electron chi connectivity index (χ1n) is 10.2. The maximum atomic E-state index is 14.8. The van der Waals surface area contributed by atoms with Crippen LogP contribution in [0.1, 0.15) is 48.3 Å². The van der Waals surface area contributed by atoms with Crippen molar-refractivity contribution in [1.29, 1.82) is 0 Å². The second-order valence-electron chi connectivity index (χ2n) is 7.67. The number of halogens is 2. The first kappa shape index (κ1) is 20.7. The summed E-state index contributed by atoms with van der Waals surface area (Å²) < 4.78 is 41.9. The Morgan fingerprint density at radius 3 is 2.77 bits per heavy atom. The number of carbonyl (C=O) groups is 1. The smallest absolute Gasteiger partial charge is 0.341 e. The van der Waals surface area contributed by atoms with Gasteiger partial charge in [-0.3, -0.25) is 4.79 Å². The molecule has 7 nitrogen and oxygen atoms in total. The standard InChI is InChI=1S/C21H24F2N2O5/c1-2-15-16(21(27)28)19(26)13-9-14(22)17(23)20(18(13)25(15)12-3-4-12)30-7-5-11-10-29-8-6-24-11/h9,11-12,24H,2-8,10H2,1H3,(H,27,28). The third-order valence-corrected chi connectivity index (χ3v) is 5.61. The summed E-state index contributed by atoms with van der Waals surface area (Å²) in [4.78, 5) is 24.7. The molecule has 9 heteroatoms. The van der Waals surface area contributed by atoms with E-state index >= 15 is 0 Å². The second-order valence-corrected chi connectivity index (χ2v) is 7.67. The van der Waals surface area contributed by atoms with E-state index in [4.69, 9.17) is 9.47 Å². The van der Waals surface area contributed by atoms with Crippen molar-refractivity contribution in [1.82, 2.24) is 9.88 Å². The minimum atomic E-state index is -1.37. The lowest BCUT2D eigenvalue weighted by Crippen LogP contribution is -2.42. The van der Waals surface area contributed by atoms with Crippen LogP contribution in [0.25, 0.3) is 10.9 Å². The van der Waals surface area contributed by atoms with Gasteiger partial charge >= 0.3 is 5.97 Å². The number of nitrogens with one attached hydrogen (secondary N) is 1. The van der Waals surface area contributed by atoms with E-state index in [1.54, 1.807) is 11.5 Å². The summed E-state index contributed by atoms with van der Waals surface area (Å²) in [5.41, 5.74) is -0.772. The normalized spacial score (nSPS) is 19.2. The highest BCUT2D eigenvalue weighted by Crippen LogP contribution is 2.42. The Hall–Kier alpha value is -2.52. The van der Waals surface area contributed by atoms with Gasteiger partial charge in [0.25, 0.3) is 0 Å². The third-order valence-electron chi connectivity index (χ3n) is 5.61. The van der Waals surface area contributed by atoms with Crippen LogP contribution in [0, 0.1) is 11.6 Å². The Bertz CT molecular complexity index is 1040. The third kappa shape index (κ3) is 3.67. The quantitative estimate of drug-likeness (QED) is 0.713. The molecule has 2 fully saturated rings. The number of hydrogen-bond donors (Lipinski definition) is 2. The van der Waals surface area contributed by atoms with Crippen molar-refractivity contribution in [2.75, 3.05) is 26.4 Å². The fourth-order valence-corrected chi connectivity index (χ4v) is 4.07. The van der Waals surface area contributed by atoms with E-state index in [9.17, 15) is 23.5 Å². The van der Waals surface area contributed by atoms with Crippen molar-refractivity contribution in [3.63, 3.8) is 0 Å². The van der Waals surface area contributed by atoms with Gasteiger partial charge in [0.1, 0.15) is 5.56 Å². The number of aromatic carboxylic acids is 1. The van der Waals surface area contributed by atoms with E-state index < -0.39 is 28.6 Å². The van der Waals surface area contributed by atoms with Crippen molar-refractivity contribution < 1.29 is 28.2 Å². The van der Waals surface area contributed by atoms with Crippen molar-refractivity contribution in [3.8, 4) is 5.75 Å². The second kappa shape index (κ2) is 8.31. The van der Waals surface area contributed by atoms with Gasteiger partial charge in [-0.15, -0.1) is 0 Å². The largest absolute Gasteiger partial charge is 0.488 e. The fraction of sp³-hybridized carbons (Fsp3) is 0.524. The molecule has 1 aliphatic heterocycles. The van der Waals surface area contributed by atoms with E-state index in [0.717, 1.165) is 18.9 Å². The van der Waals surface area contributed by atoms with Crippen LogP contribution in [0.3, 0.4) is 0 Å². The Morgan fingerprint density at radius 1 is 1.40 bits per heavy atom. The number of morpholine rings is 1. The molecular formula is C21H24F2N2O5. The van der Waals surface area contributed by atoms with Crippen molar-refractivity contribution in [3.05, 3.63) is 39.2 Å². The predicted molar refractivity (Wildman–Crippen MR) is 105 cm³/mol. The molecule has 1 saturated carbocycles. The number of carboxylic acid groups (broad SMARTS) is 1. The van der Waals surface area contributed by atoms with Crippen LogP contribution in [-0.4, -0.2) is 48.1 Å². The van der Waals surface area contributed by atoms with E-state index in [2.05, 4.69) is 5.32 Å². The maximum absolute atomic E-state index is 14.8. The molecule has 1 saturated heterocycles. The van der Waals surface area contributed by atoms with Crippen molar-refractivity contribution in [2.45, 2.75) is 44.7 Å². The molecule has 1 aromatic carbocycles. The maximum Gasteiger partial charge on any atom is 0.341 e. The van der Waals surface area contributed by atoms with Gasteiger partial charge in [0.05, 0.1) is 30.7 Å². The van der Waals surface area contributed by atoms with Crippen LogP contribution in [0.2, 0.25) is 0 Å². The van der Waals surface area contributed by atoms with E-state index in [-0.39, 0.29) is 41.8 Å². The number of carboxylic acids is 1. The molecule has 2 heterocycles. The molecule has 2 N–H and O–H groups in total. The molecule has 1 aliphatic carbocycles. The number of pyridine rings is 1. The van der Waals surface area contributed by atoms with Gasteiger partial charge in [-0.05, 0) is 31.7 Å². The summed E-state index contributed by atoms with van der Waals surface area (Å²) in [6.07, 6.45) is 2.32. The zero-order chi connectivity index (χ0) is 21.4. The topological polar surface area (TPSA) is 89.8 Å². The van der Waals surface area contributed by atoms with Crippen LogP contribution in [0.4, 0.5) is 8.78 Å². The Morgan fingerprint density at radius 2 is 2.17 bits per heavy atom. The van der Waals surface area contributed by atoms with E-state index in [0.29, 0.717) is 31.9 Å². The average Bonchev–Trinajstić information content (AvgIpc) is 3.56. The summed E-state index contributed by atoms with van der Waals surface area (Å²) in [6.45, 7) is 3.67. The summed E-state index contributed by atoms with van der Waals surface area (Å²) in [6, 6.07) is 0.750. The number of rotatable bonds is 7. The number of benzene rings is 1. The van der Waals surface area contributed by atoms with Crippen molar-refractivity contribution >= 4 is 16.9 Å². The molecule has 2 aromatic rings. The molecule has 4 rings (SSSR count). The van der Waals surface area contributed by atoms with Crippen LogP contribution in [0.15, 0.2) is 10.9 Å². The first-order chi connectivity index (χ1) is 14.4. The minimum absolute atomic E-state index is 0.0390. The SMILES string of the molecule is CCc1c(C(=O)O)c(=O)c2cc(F)c(F)c(OCCC3COCCN3)c2n1C1CC1. The molecule has 30 heavy (non-hydrogen) atoms. The molecule has 1 aromatic heterocycles. The van der Waals surface area contributed by atoms with Crippen LogP contribution in [0.5, 0.6) is 5.75 Å². The zero-order valence-corrected chi connectivity index (χ0v) is 16.7. The number of hydrogen-bond acceptors (Lipinski definition) is 5. The molecular weight excluding hydrogens is 398 g/mol. The molecule has 0 amide bonds. The molecule has 0 spiro atoms. The summed E-state index contributed by atoms with van der Waals surface area (Å²) in [5, 5.41) is 12.7. The zero-order valence-electron chi connectivity index (χ0n) is 16.7. The highest BCUT2D eigenvalue weighted by atomic mass is 19.2. The predicted octanol–water partition coefficient (Wildman–Crippen LogP) is 2.63.